The number of hydrogen-bond donors (Lipinski definition) is 2. The molecule has 3 rings (SSSR count). The maximum atomic E-state index is 12.7. The van der Waals surface area contributed by atoms with Crippen LogP contribution >= 0.6 is 11.6 Å². The first-order valence-electron chi connectivity index (χ1n) is 7.80. The summed E-state index contributed by atoms with van der Waals surface area (Å²) in [5.74, 6) is 0.336. The molecule has 3 aromatic heterocycles. The van der Waals surface area contributed by atoms with Crippen molar-refractivity contribution in [3.63, 3.8) is 0 Å². The highest BCUT2D eigenvalue weighted by Gasteiger charge is 2.27. The first kappa shape index (κ1) is 20.4. The molecule has 12 nitrogen and oxygen atoms in total. The summed E-state index contributed by atoms with van der Waals surface area (Å²) >= 11 is 5.99. The van der Waals surface area contributed by atoms with Gasteiger partial charge < -0.3 is 14.2 Å². The smallest absolute Gasteiger partial charge is 0.335 e. The Labute approximate surface area is 169 Å². The topological polar surface area (TPSA) is 146 Å². The number of rotatable bonds is 6. The lowest BCUT2D eigenvalue weighted by Crippen LogP contribution is -2.35. The van der Waals surface area contributed by atoms with Gasteiger partial charge in [-0.3, -0.25) is 9.72 Å². The maximum absolute atomic E-state index is 12.7. The number of hydrogen-bond acceptors (Lipinski definition) is 9. The number of pyridine rings is 1. The number of imidazole rings is 1. The van der Waals surface area contributed by atoms with Crippen LogP contribution in [0.4, 0.5) is 10.7 Å². The van der Waals surface area contributed by atoms with Gasteiger partial charge in [0.1, 0.15) is 11.4 Å². The number of anilines is 1. The number of methoxy groups -OCH3 is 3. The molecule has 0 aliphatic carbocycles. The molecule has 154 valence electrons. The van der Waals surface area contributed by atoms with E-state index < -0.39 is 21.1 Å². The van der Waals surface area contributed by atoms with Crippen molar-refractivity contribution >= 4 is 39.3 Å². The van der Waals surface area contributed by atoms with E-state index in [1.54, 1.807) is 6.07 Å². The third-order valence-electron chi connectivity index (χ3n) is 3.55. The summed E-state index contributed by atoms with van der Waals surface area (Å²) < 4.78 is 43.5. The van der Waals surface area contributed by atoms with Gasteiger partial charge in [-0.25, -0.2) is 14.5 Å². The molecule has 2 amide bonds. The van der Waals surface area contributed by atoms with Gasteiger partial charge in [0.15, 0.2) is 10.2 Å². The zero-order valence-electron chi connectivity index (χ0n) is 15.3. The zero-order valence-corrected chi connectivity index (χ0v) is 16.9. The van der Waals surface area contributed by atoms with Crippen LogP contribution in [0.2, 0.25) is 5.15 Å². The van der Waals surface area contributed by atoms with Gasteiger partial charge in [0.05, 0.1) is 33.6 Å². The van der Waals surface area contributed by atoms with Crippen LogP contribution in [0.1, 0.15) is 0 Å². The highest BCUT2D eigenvalue weighted by molar-refractivity contribution is 7.90. The van der Waals surface area contributed by atoms with Crippen LogP contribution in [-0.4, -0.2) is 55.1 Å². The lowest BCUT2D eigenvalue weighted by Gasteiger charge is -2.10. The second kappa shape index (κ2) is 7.97. The highest BCUT2D eigenvalue weighted by Crippen LogP contribution is 2.25. The largest absolute Gasteiger partial charge is 0.495 e. The monoisotopic (exact) mass is 442 g/mol. The van der Waals surface area contributed by atoms with Gasteiger partial charge in [-0.2, -0.15) is 18.4 Å². The number of carbonyl (C=O) groups excluding carboxylic acids is 1. The molecule has 3 heterocycles. The van der Waals surface area contributed by atoms with E-state index in [2.05, 4.69) is 20.3 Å². The molecule has 0 aliphatic heterocycles. The number of nitrogens with zero attached hydrogens (tertiary/aromatic N) is 4. The molecule has 0 fully saturated rings. The van der Waals surface area contributed by atoms with Crippen molar-refractivity contribution in [3.05, 3.63) is 29.5 Å². The van der Waals surface area contributed by atoms with Crippen molar-refractivity contribution in [3.8, 4) is 17.5 Å². The van der Waals surface area contributed by atoms with Crippen LogP contribution < -0.4 is 24.2 Å². The van der Waals surface area contributed by atoms with E-state index in [9.17, 15) is 13.2 Å². The molecule has 0 spiro atoms. The van der Waals surface area contributed by atoms with E-state index >= 15 is 0 Å². The summed E-state index contributed by atoms with van der Waals surface area (Å²) in [5, 5.41) is 1.43. The average molecular weight is 443 g/mol. The number of amides is 2. The maximum Gasteiger partial charge on any atom is 0.335 e. The van der Waals surface area contributed by atoms with Crippen LogP contribution in [0, 0.1) is 0 Å². The Balaban J connectivity index is 1.89. The molecule has 2 N–H and O–H groups in total. The molecule has 0 saturated heterocycles. The second-order valence-electron chi connectivity index (χ2n) is 5.34. The third-order valence-corrected chi connectivity index (χ3v) is 5.28. The Kier molecular flexibility index (Phi) is 5.61. The van der Waals surface area contributed by atoms with Gasteiger partial charge in [-0.15, -0.1) is 0 Å². The predicted molar refractivity (Wildman–Crippen MR) is 101 cm³/mol. The molecule has 14 heteroatoms. The van der Waals surface area contributed by atoms with Gasteiger partial charge in [-0.1, -0.05) is 11.6 Å². The second-order valence-corrected chi connectivity index (χ2v) is 7.30. The predicted octanol–water partition coefficient (Wildman–Crippen LogP) is 1.31. The number of carbonyl (C=O) groups is 1. The minimum Gasteiger partial charge on any atom is -0.495 e. The molecule has 29 heavy (non-hydrogen) atoms. The number of ether oxygens (including phenoxy) is 3. The zero-order chi connectivity index (χ0) is 21.2. The summed E-state index contributed by atoms with van der Waals surface area (Å²) in [5.41, 5.74) is 0.248. The molecule has 3 aromatic rings. The summed E-state index contributed by atoms with van der Waals surface area (Å²) in [6, 6.07) is 3.35. The first-order valence-corrected chi connectivity index (χ1v) is 9.66. The molecule has 0 saturated carbocycles. The van der Waals surface area contributed by atoms with Crippen LogP contribution in [-0.2, 0) is 10.0 Å². The average Bonchev–Trinajstić information content (AvgIpc) is 3.02. The summed E-state index contributed by atoms with van der Waals surface area (Å²) in [7, 11) is -0.282. The lowest BCUT2D eigenvalue weighted by atomic mass is 10.4. The van der Waals surface area contributed by atoms with E-state index in [1.807, 2.05) is 4.72 Å². The van der Waals surface area contributed by atoms with Crippen LogP contribution in [0.3, 0.4) is 0 Å². The van der Waals surface area contributed by atoms with E-state index in [4.69, 9.17) is 25.8 Å². The van der Waals surface area contributed by atoms with Gasteiger partial charge in [0.25, 0.3) is 10.0 Å². The number of fused-ring (bicyclic) bond motifs is 1. The summed E-state index contributed by atoms with van der Waals surface area (Å²) in [6.07, 6.45) is 1.37. The Morgan fingerprint density at radius 2 is 1.72 bits per heavy atom. The third kappa shape index (κ3) is 4.25. The fourth-order valence-corrected chi connectivity index (χ4v) is 3.85. The molecule has 0 bridgehead atoms. The van der Waals surface area contributed by atoms with Crippen molar-refractivity contribution in [1.29, 1.82) is 0 Å². The summed E-state index contributed by atoms with van der Waals surface area (Å²) in [4.78, 5) is 24.0. The SMILES string of the molecule is COc1ccc2nc(Cl)c(S(=O)(=O)NC(=O)Nc3nc(OC)cc(OC)n3)n2c1. The molecule has 0 aromatic carbocycles. The van der Waals surface area contributed by atoms with E-state index in [1.165, 1.54) is 44.1 Å². The molecule has 0 atom stereocenters. The highest BCUT2D eigenvalue weighted by atomic mass is 35.5. The lowest BCUT2D eigenvalue weighted by molar-refractivity contribution is 0.256. The number of halogens is 1. The van der Waals surface area contributed by atoms with Crippen molar-refractivity contribution in [2.24, 2.45) is 0 Å². The normalized spacial score (nSPS) is 11.2. The van der Waals surface area contributed by atoms with Crippen LogP contribution in [0.15, 0.2) is 29.4 Å². The first-order chi connectivity index (χ1) is 13.8. The van der Waals surface area contributed by atoms with Crippen molar-refractivity contribution in [1.82, 2.24) is 24.1 Å². The van der Waals surface area contributed by atoms with E-state index in [-0.39, 0.29) is 28.5 Å². The quantitative estimate of drug-likeness (QED) is 0.576. The van der Waals surface area contributed by atoms with Gasteiger partial charge >= 0.3 is 6.03 Å². The van der Waals surface area contributed by atoms with E-state index in [0.717, 1.165) is 0 Å². The molecular weight excluding hydrogens is 428 g/mol. The van der Waals surface area contributed by atoms with E-state index in [0.29, 0.717) is 5.75 Å². The summed E-state index contributed by atoms with van der Waals surface area (Å²) in [6.45, 7) is 0. The Morgan fingerprint density at radius 1 is 1.07 bits per heavy atom. The van der Waals surface area contributed by atoms with Crippen LogP contribution in [0.5, 0.6) is 17.5 Å². The van der Waals surface area contributed by atoms with Crippen molar-refractivity contribution in [2.75, 3.05) is 26.6 Å². The minimum absolute atomic E-state index is 0.104. The Bertz CT molecular complexity index is 1160. The number of nitrogens with one attached hydrogen (secondary N) is 2. The minimum atomic E-state index is -4.42. The number of sulfonamides is 1. The fourth-order valence-electron chi connectivity index (χ4n) is 2.30. The van der Waals surface area contributed by atoms with Gasteiger partial charge in [0, 0.05) is 0 Å². The van der Waals surface area contributed by atoms with Crippen LogP contribution in [0.25, 0.3) is 5.65 Å². The number of aromatic nitrogens is 4. The molecule has 0 radical (unpaired) electrons. The Morgan fingerprint density at radius 3 is 2.31 bits per heavy atom. The van der Waals surface area contributed by atoms with Gasteiger partial charge in [0.2, 0.25) is 17.7 Å². The molecule has 0 aliphatic rings. The van der Waals surface area contributed by atoms with Crippen molar-refractivity contribution < 1.29 is 27.4 Å². The number of urea groups is 1. The van der Waals surface area contributed by atoms with Gasteiger partial charge in [-0.05, 0) is 12.1 Å². The fraction of sp³-hybridized carbons (Fsp3) is 0.200. The Hall–Kier alpha value is -3.32. The molecular formula is C15H15ClN6O6S. The standard InChI is InChI=1S/C15H15ClN6O6S/c1-26-8-4-5-9-17-12(16)13(22(9)7-8)29(24,25)21-15(23)20-14-18-10(27-2)6-11(19-14)28-3/h4-7H,1-3H3,(H2,18,19,20,21,23). The van der Waals surface area contributed by atoms with Crippen molar-refractivity contribution in [2.45, 2.75) is 5.03 Å². The molecule has 0 unspecified atom stereocenters.